The van der Waals surface area contributed by atoms with E-state index in [0.717, 1.165) is 18.9 Å². The molecule has 19 heavy (non-hydrogen) atoms. The predicted molar refractivity (Wildman–Crippen MR) is 71.7 cm³/mol. The first kappa shape index (κ1) is 14.2. The largest absolute Gasteiger partial charge is 0.368 e. The molecule has 0 heterocycles. The van der Waals surface area contributed by atoms with Crippen LogP contribution >= 0.6 is 0 Å². The molecular formula is C12H18FN3O2S. The van der Waals surface area contributed by atoms with Crippen molar-refractivity contribution in [3.8, 4) is 0 Å². The van der Waals surface area contributed by atoms with Crippen LogP contribution in [-0.2, 0) is 10.0 Å². The number of nitrogens with zero attached hydrogens (tertiary/aromatic N) is 1. The summed E-state index contributed by atoms with van der Waals surface area (Å²) in [5.74, 6) is -0.111. The van der Waals surface area contributed by atoms with Gasteiger partial charge in [-0.05, 0) is 37.0 Å². The van der Waals surface area contributed by atoms with Gasteiger partial charge in [0.1, 0.15) is 5.82 Å². The van der Waals surface area contributed by atoms with Gasteiger partial charge in [-0.25, -0.2) is 17.9 Å². The zero-order chi connectivity index (χ0) is 14.2. The van der Waals surface area contributed by atoms with Gasteiger partial charge in [0.05, 0.1) is 10.6 Å². The Morgan fingerprint density at radius 3 is 2.53 bits per heavy atom. The maximum atomic E-state index is 14.0. The number of halogens is 1. The number of sulfonamides is 1. The minimum Gasteiger partial charge on any atom is -0.368 e. The number of nitrogens with two attached hydrogens (primary N) is 2. The number of anilines is 1. The number of likely N-dealkylation sites (N-methyl/N-ethyl adjacent to an activating group) is 1. The lowest BCUT2D eigenvalue weighted by Gasteiger charge is -2.29. The van der Waals surface area contributed by atoms with Gasteiger partial charge < -0.3 is 10.6 Å². The number of hydrogen-bond donors (Lipinski definition) is 2. The maximum Gasteiger partial charge on any atom is 0.238 e. The van der Waals surface area contributed by atoms with Gasteiger partial charge in [0.2, 0.25) is 10.0 Å². The summed E-state index contributed by atoms with van der Waals surface area (Å²) in [6.45, 7) is 0.442. The third kappa shape index (κ3) is 3.05. The lowest BCUT2D eigenvalue weighted by Crippen LogP contribution is -2.40. The molecule has 1 aromatic rings. The second-order valence-electron chi connectivity index (χ2n) is 4.91. The molecule has 0 saturated heterocycles. The highest BCUT2D eigenvalue weighted by Crippen LogP contribution is 2.36. The molecular weight excluding hydrogens is 269 g/mol. The summed E-state index contributed by atoms with van der Waals surface area (Å²) in [7, 11) is -2.11. The first-order valence-corrected chi connectivity index (χ1v) is 7.64. The molecule has 106 valence electrons. The Bertz CT molecular complexity index is 572. The highest BCUT2D eigenvalue weighted by Gasteiger charge is 2.33. The van der Waals surface area contributed by atoms with E-state index in [-0.39, 0.29) is 10.9 Å². The predicted octanol–water partition coefficient (Wildman–Crippen LogP) is 0.647. The summed E-state index contributed by atoms with van der Waals surface area (Å²) in [5.41, 5.74) is 6.06. The van der Waals surface area contributed by atoms with Crippen LogP contribution in [-0.4, -0.2) is 28.1 Å². The molecule has 1 saturated carbocycles. The lowest BCUT2D eigenvalue weighted by molar-refractivity contribution is 0.549. The van der Waals surface area contributed by atoms with E-state index in [2.05, 4.69) is 0 Å². The van der Waals surface area contributed by atoms with Crippen LogP contribution in [0, 0.1) is 11.7 Å². The third-order valence-electron chi connectivity index (χ3n) is 3.53. The van der Waals surface area contributed by atoms with E-state index < -0.39 is 15.8 Å². The number of hydrogen-bond acceptors (Lipinski definition) is 4. The summed E-state index contributed by atoms with van der Waals surface area (Å²) in [4.78, 5) is 1.55. The highest BCUT2D eigenvalue weighted by molar-refractivity contribution is 7.89. The second-order valence-corrected chi connectivity index (χ2v) is 6.47. The van der Waals surface area contributed by atoms with E-state index >= 15 is 0 Å². The van der Waals surface area contributed by atoms with E-state index in [1.54, 1.807) is 11.9 Å². The summed E-state index contributed by atoms with van der Waals surface area (Å²) in [5, 5.41) is 4.97. The molecule has 7 heteroatoms. The van der Waals surface area contributed by atoms with Crippen molar-refractivity contribution in [2.45, 2.75) is 23.8 Å². The van der Waals surface area contributed by atoms with E-state index in [0.29, 0.717) is 18.2 Å². The van der Waals surface area contributed by atoms with Crippen LogP contribution in [0.15, 0.2) is 23.1 Å². The van der Waals surface area contributed by atoms with Crippen molar-refractivity contribution in [2.75, 3.05) is 18.5 Å². The highest BCUT2D eigenvalue weighted by atomic mass is 32.2. The fourth-order valence-corrected chi connectivity index (χ4v) is 2.80. The lowest BCUT2D eigenvalue weighted by atomic mass is 10.1. The van der Waals surface area contributed by atoms with Crippen LogP contribution < -0.4 is 15.8 Å². The van der Waals surface area contributed by atoms with Gasteiger partial charge in [0, 0.05) is 19.6 Å². The number of rotatable bonds is 5. The van der Waals surface area contributed by atoms with Crippen LogP contribution in [0.25, 0.3) is 0 Å². The molecule has 1 unspecified atom stereocenters. The van der Waals surface area contributed by atoms with Gasteiger partial charge >= 0.3 is 0 Å². The molecule has 4 N–H and O–H groups in total. The van der Waals surface area contributed by atoms with E-state index in [1.165, 1.54) is 12.1 Å². The summed E-state index contributed by atoms with van der Waals surface area (Å²) < 4.78 is 36.3. The minimum absolute atomic E-state index is 0.0785. The first-order chi connectivity index (χ1) is 8.84. The Morgan fingerprint density at radius 1 is 1.47 bits per heavy atom. The van der Waals surface area contributed by atoms with Crippen LogP contribution in [0.2, 0.25) is 0 Å². The zero-order valence-electron chi connectivity index (χ0n) is 10.7. The smallest absolute Gasteiger partial charge is 0.238 e. The van der Waals surface area contributed by atoms with Gasteiger partial charge in [-0.1, -0.05) is 0 Å². The summed E-state index contributed by atoms with van der Waals surface area (Å²) in [6.07, 6.45) is 2.20. The molecule has 1 aliphatic rings. The van der Waals surface area contributed by atoms with Crippen molar-refractivity contribution in [3.63, 3.8) is 0 Å². The summed E-state index contributed by atoms with van der Waals surface area (Å²) >= 11 is 0. The number of benzene rings is 1. The average Bonchev–Trinajstić information content (AvgIpc) is 3.13. The molecule has 2 rings (SSSR count). The van der Waals surface area contributed by atoms with Gasteiger partial charge in [-0.3, -0.25) is 0 Å². The quantitative estimate of drug-likeness (QED) is 0.832. The molecule has 0 amide bonds. The fraction of sp³-hybridized carbons (Fsp3) is 0.500. The van der Waals surface area contributed by atoms with Crippen LogP contribution in [0.5, 0.6) is 0 Å². The maximum absolute atomic E-state index is 14.0. The SMILES string of the molecule is CN(c1ccc(S(N)(=O)=O)cc1F)C(CN)C1CC1. The van der Waals surface area contributed by atoms with Crippen LogP contribution in [0.1, 0.15) is 12.8 Å². The topological polar surface area (TPSA) is 89.4 Å². The monoisotopic (exact) mass is 287 g/mol. The van der Waals surface area contributed by atoms with Gasteiger partial charge in [-0.15, -0.1) is 0 Å². The average molecular weight is 287 g/mol. The minimum atomic E-state index is -3.88. The zero-order valence-corrected chi connectivity index (χ0v) is 11.5. The van der Waals surface area contributed by atoms with E-state index in [9.17, 15) is 12.8 Å². The van der Waals surface area contributed by atoms with E-state index in [1.807, 2.05) is 0 Å². The Morgan fingerprint density at radius 2 is 2.11 bits per heavy atom. The standard InChI is InChI=1S/C12H18FN3O2S/c1-16(12(7-14)8-2-3-8)11-5-4-9(6-10(11)13)19(15,17)18/h4-6,8,12H,2-3,7,14H2,1H3,(H2,15,17,18). The van der Waals surface area contributed by atoms with Gasteiger partial charge in [-0.2, -0.15) is 0 Å². The Balaban J connectivity index is 2.30. The van der Waals surface area contributed by atoms with Crippen molar-refractivity contribution in [3.05, 3.63) is 24.0 Å². The second kappa shape index (κ2) is 5.07. The molecule has 1 fully saturated rings. The molecule has 1 atom stereocenters. The van der Waals surface area contributed by atoms with Gasteiger partial charge in [0.25, 0.3) is 0 Å². The van der Waals surface area contributed by atoms with Crippen molar-refractivity contribution in [1.82, 2.24) is 0 Å². The normalized spacial score (nSPS) is 17.3. The molecule has 0 spiro atoms. The van der Waals surface area contributed by atoms with Crippen molar-refractivity contribution in [1.29, 1.82) is 0 Å². The number of primary sulfonamides is 1. The van der Waals surface area contributed by atoms with E-state index in [4.69, 9.17) is 10.9 Å². The van der Waals surface area contributed by atoms with Crippen molar-refractivity contribution < 1.29 is 12.8 Å². The Labute approximate surface area is 112 Å². The van der Waals surface area contributed by atoms with Crippen LogP contribution in [0.3, 0.4) is 0 Å². The van der Waals surface area contributed by atoms with Crippen LogP contribution in [0.4, 0.5) is 10.1 Å². The molecule has 0 aliphatic heterocycles. The first-order valence-electron chi connectivity index (χ1n) is 6.10. The Hall–Kier alpha value is -1.18. The molecule has 1 aromatic carbocycles. The molecule has 0 aromatic heterocycles. The molecule has 0 radical (unpaired) electrons. The summed E-state index contributed by atoms with van der Waals surface area (Å²) in [6, 6.07) is 3.77. The third-order valence-corrected chi connectivity index (χ3v) is 4.44. The van der Waals surface area contributed by atoms with Crippen molar-refractivity contribution >= 4 is 15.7 Å². The fourth-order valence-electron chi connectivity index (χ4n) is 2.28. The van der Waals surface area contributed by atoms with Crippen molar-refractivity contribution in [2.24, 2.45) is 16.8 Å². The van der Waals surface area contributed by atoms with Gasteiger partial charge in [0.15, 0.2) is 0 Å². The molecule has 5 nitrogen and oxygen atoms in total. The molecule has 0 bridgehead atoms. The molecule has 1 aliphatic carbocycles. The Kier molecular flexibility index (Phi) is 3.80.